The van der Waals surface area contributed by atoms with Crippen LogP contribution in [0.1, 0.15) is 16.8 Å². The lowest BCUT2D eigenvalue weighted by Crippen LogP contribution is -2.38. The number of amides is 1. The van der Waals surface area contributed by atoms with E-state index in [2.05, 4.69) is 14.8 Å². The van der Waals surface area contributed by atoms with Gasteiger partial charge in [0.2, 0.25) is 0 Å². The molecule has 1 saturated heterocycles. The van der Waals surface area contributed by atoms with E-state index >= 15 is 0 Å². The molecule has 21 heavy (non-hydrogen) atoms. The van der Waals surface area contributed by atoms with Gasteiger partial charge in [0, 0.05) is 39.4 Å². The van der Waals surface area contributed by atoms with E-state index in [0.29, 0.717) is 12.1 Å². The molecule has 2 atom stereocenters. The lowest BCUT2D eigenvalue weighted by Gasteiger charge is -2.27. The zero-order valence-electron chi connectivity index (χ0n) is 13.2. The van der Waals surface area contributed by atoms with Gasteiger partial charge in [-0.2, -0.15) is 0 Å². The lowest BCUT2D eigenvalue weighted by molar-refractivity contribution is 0.0827. The van der Waals surface area contributed by atoms with Crippen molar-refractivity contribution in [2.45, 2.75) is 18.6 Å². The summed E-state index contributed by atoms with van der Waals surface area (Å²) in [6.45, 7) is 1.46. The van der Waals surface area contributed by atoms with E-state index in [4.69, 9.17) is 0 Å². The Morgan fingerprint density at radius 3 is 2.62 bits per heavy atom. The maximum absolute atomic E-state index is 11.9. The van der Waals surface area contributed by atoms with Crippen molar-refractivity contribution in [1.82, 2.24) is 14.8 Å². The second kappa shape index (κ2) is 6.41. The van der Waals surface area contributed by atoms with Gasteiger partial charge >= 0.3 is 0 Å². The summed E-state index contributed by atoms with van der Waals surface area (Å²) in [5.41, 5.74) is 0.577. The van der Waals surface area contributed by atoms with Crippen LogP contribution in [0.25, 0.3) is 0 Å². The maximum Gasteiger partial charge on any atom is 0.254 e. The minimum absolute atomic E-state index is 0.0552. The number of likely N-dealkylation sites (N-methyl/N-ethyl adjacent to an activating group) is 1. The summed E-state index contributed by atoms with van der Waals surface area (Å²) in [6.07, 6.45) is 2.03. The molecule has 1 N–H and O–H groups in total. The highest BCUT2D eigenvalue weighted by Crippen LogP contribution is 2.24. The first kappa shape index (κ1) is 15.7. The summed E-state index contributed by atoms with van der Waals surface area (Å²) in [5, 5.41) is 9.91. The van der Waals surface area contributed by atoms with Crippen LogP contribution in [0.3, 0.4) is 0 Å². The Kier molecular flexibility index (Phi) is 4.80. The number of hydrogen-bond donors (Lipinski definition) is 1. The summed E-state index contributed by atoms with van der Waals surface area (Å²) in [6, 6.07) is 3.90. The van der Waals surface area contributed by atoms with Crippen molar-refractivity contribution in [3.8, 4) is 0 Å². The highest BCUT2D eigenvalue weighted by atomic mass is 16.3. The minimum Gasteiger partial charge on any atom is -0.391 e. The van der Waals surface area contributed by atoms with E-state index in [1.165, 1.54) is 4.90 Å². The third-order valence-electron chi connectivity index (χ3n) is 3.66. The molecule has 0 spiro atoms. The molecule has 0 saturated carbocycles. The summed E-state index contributed by atoms with van der Waals surface area (Å²) in [4.78, 5) is 22.0. The fourth-order valence-corrected chi connectivity index (χ4v) is 2.71. The van der Waals surface area contributed by atoms with Gasteiger partial charge in [-0.05, 0) is 32.6 Å². The average Bonchev–Trinajstić information content (AvgIpc) is 2.78. The molecule has 6 heteroatoms. The lowest BCUT2D eigenvalue weighted by atomic mass is 10.2. The molecule has 2 heterocycles. The van der Waals surface area contributed by atoms with E-state index in [0.717, 1.165) is 18.8 Å². The SMILES string of the molecule is CN(C)CC1CC(O)CN1c1ccc(C(=O)N(C)C)cn1. The van der Waals surface area contributed by atoms with Gasteiger partial charge in [0.05, 0.1) is 11.7 Å². The number of carbonyl (C=O) groups is 1. The van der Waals surface area contributed by atoms with Crippen molar-refractivity contribution in [2.75, 3.05) is 46.2 Å². The van der Waals surface area contributed by atoms with Crippen LogP contribution >= 0.6 is 0 Å². The van der Waals surface area contributed by atoms with Gasteiger partial charge in [0.1, 0.15) is 5.82 Å². The number of aromatic nitrogens is 1. The van der Waals surface area contributed by atoms with Crippen molar-refractivity contribution >= 4 is 11.7 Å². The number of pyridine rings is 1. The monoisotopic (exact) mass is 292 g/mol. The minimum atomic E-state index is -0.320. The quantitative estimate of drug-likeness (QED) is 0.864. The third kappa shape index (κ3) is 3.71. The largest absolute Gasteiger partial charge is 0.391 e. The molecule has 0 radical (unpaired) electrons. The van der Waals surface area contributed by atoms with Crippen LogP contribution < -0.4 is 4.90 Å². The van der Waals surface area contributed by atoms with Crippen molar-refractivity contribution < 1.29 is 9.90 Å². The number of aliphatic hydroxyl groups excluding tert-OH is 1. The van der Waals surface area contributed by atoms with Crippen LogP contribution in [0.4, 0.5) is 5.82 Å². The summed E-state index contributed by atoms with van der Waals surface area (Å²) < 4.78 is 0. The van der Waals surface area contributed by atoms with Crippen molar-refractivity contribution in [1.29, 1.82) is 0 Å². The van der Waals surface area contributed by atoms with Crippen molar-refractivity contribution in [3.05, 3.63) is 23.9 Å². The first-order valence-electron chi connectivity index (χ1n) is 7.15. The molecule has 116 valence electrons. The van der Waals surface area contributed by atoms with Crippen LogP contribution in [0.5, 0.6) is 0 Å². The van der Waals surface area contributed by atoms with Gasteiger partial charge in [-0.15, -0.1) is 0 Å². The molecule has 0 bridgehead atoms. The Morgan fingerprint density at radius 1 is 1.38 bits per heavy atom. The number of nitrogens with zero attached hydrogens (tertiary/aromatic N) is 4. The smallest absolute Gasteiger partial charge is 0.254 e. The van der Waals surface area contributed by atoms with Gasteiger partial charge in [0.15, 0.2) is 0 Å². The van der Waals surface area contributed by atoms with Gasteiger partial charge in [-0.3, -0.25) is 4.79 Å². The Balaban J connectivity index is 2.15. The van der Waals surface area contributed by atoms with E-state index in [1.54, 1.807) is 26.4 Å². The van der Waals surface area contributed by atoms with Crippen LogP contribution in [0.15, 0.2) is 18.3 Å². The first-order chi connectivity index (χ1) is 9.88. The topological polar surface area (TPSA) is 59.9 Å². The summed E-state index contributed by atoms with van der Waals surface area (Å²) in [5.74, 6) is 0.758. The molecular weight excluding hydrogens is 268 g/mol. The number of aliphatic hydroxyl groups is 1. The van der Waals surface area contributed by atoms with Gasteiger partial charge in [-0.25, -0.2) is 4.98 Å². The second-order valence-corrected chi connectivity index (χ2v) is 6.06. The molecule has 2 unspecified atom stereocenters. The van der Waals surface area contributed by atoms with Crippen LogP contribution in [0, 0.1) is 0 Å². The van der Waals surface area contributed by atoms with Crippen molar-refractivity contribution in [2.24, 2.45) is 0 Å². The Hall–Kier alpha value is -1.66. The zero-order chi connectivity index (χ0) is 15.6. The summed E-state index contributed by atoms with van der Waals surface area (Å²) in [7, 11) is 7.49. The maximum atomic E-state index is 11.9. The highest BCUT2D eigenvalue weighted by molar-refractivity contribution is 5.93. The predicted molar refractivity (Wildman–Crippen MR) is 82.6 cm³/mol. The normalized spacial score (nSPS) is 21.9. The standard InChI is InChI=1S/C15H24N4O2/c1-17(2)9-12-7-13(20)10-19(12)14-6-5-11(8-16-14)15(21)18(3)4/h5-6,8,12-13,20H,7,9-10H2,1-4H3. The van der Waals surface area contributed by atoms with Gasteiger partial charge < -0.3 is 19.8 Å². The molecule has 1 aromatic heterocycles. The molecule has 1 aliphatic rings. The Labute approximate surface area is 126 Å². The Morgan fingerprint density at radius 2 is 2.10 bits per heavy atom. The van der Waals surface area contributed by atoms with E-state index < -0.39 is 0 Å². The van der Waals surface area contributed by atoms with E-state index in [9.17, 15) is 9.90 Å². The fourth-order valence-electron chi connectivity index (χ4n) is 2.71. The fraction of sp³-hybridized carbons (Fsp3) is 0.600. The van der Waals surface area contributed by atoms with Gasteiger partial charge in [0.25, 0.3) is 5.91 Å². The molecule has 1 fully saturated rings. The van der Waals surface area contributed by atoms with E-state index in [-0.39, 0.29) is 18.1 Å². The zero-order valence-corrected chi connectivity index (χ0v) is 13.2. The third-order valence-corrected chi connectivity index (χ3v) is 3.66. The molecule has 0 aliphatic carbocycles. The Bertz CT molecular complexity index is 487. The molecule has 1 amide bonds. The number of rotatable bonds is 4. The molecule has 2 rings (SSSR count). The number of hydrogen-bond acceptors (Lipinski definition) is 5. The van der Waals surface area contributed by atoms with E-state index in [1.807, 2.05) is 20.2 Å². The molecule has 6 nitrogen and oxygen atoms in total. The van der Waals surface area contributed by atoms with Crippen LogP contribution in [0.2, 0.25) is 0 Å². The molecule has 1 aromatic rings. The average molecular weight is 292 g/mol. The number of anilines is 1. The van der Waals surface area contributed by atoms with Crippen molar-refractivity contribution in [3.63, 3.8) is 0 Å². The van der Waals surface area contributed by atoms with Gasteiger partial charge in [-0.1, -0.05) is 0 Å². The highest BCUT2D eigenvalue weighted by Gasteiger charge is 2.32. The molecular formula is C15H24N4O2. The predicted octanol–water partition coefficient (Wildman–Crippen LogP) is 0.285. The first-order valence-corrected chi connectivity index (χ1v) is 7.15. The second-order valence-electron chi connectivity index (χ2n) is 6.06. The number of β-amino-alcohol motifs (C(OH)–C–C–N with tert-alkyl or cyclic N) is 1. The van der Waals surface area contributed by atoms with Crippen LogP contribution in [-0.4, -0.2) is 79.2 Å². The molecule has 1 aliphatic heterocycles. The van der Waals surface area contributed by atoms with Crippen LogP contribution in [-0.2, 0) is 0 Å². The molecule has 0 aromatic carbocycles. The number of carbonyl (C=O) groups excluding carboxylic acids is 1. The summed E-state index contributed by atoms with van der Waals surface area (Å²) >= 11 is 0.